The second-order valence-corrected chi connectivity index (χ2v) is 10.1. The molecule has 2 heterocycles. The molecule has 0 unspecified atom stereocenters. The van der Waals surface area contributed by atoms with Crippen LogP contribution in [0.4, 0.5) is 0 Å². The molecule has 1 aromatic heterocycles. The van der Waals surface area contributed by atoms with E-state index in [0.717, 1.165) is 41.7 Å². The van der Waals surface area contributed by atoms with Crippen LogP contribution in [0.2, 0.25) is 0 Å². The monoisotopic (exact) mass is 514 g/mol. The number of piperidine rings is 1. The van der Waals surface area contributed by atoms with Gasteiger partial charge in [0.15, 0.2) is 0 Å². The van der Waals surface area contributed by atoms with Crippen molar-refractivity contribution in [2.75, 3.05) is 25.4 Å². The number of carbonyl (C=O) groups is 1. The number of carbonyl (C=O) groups excluding carboxylic acids is 1. The Labute approximate surface area is 201 Å². The molecule has 2 aromatic carbocycles. The first-order chi connectivity index (χ1) is 15.6. The number of hydrogen-bond acceptors (Lipinski definition) is 6. The molecular weight excluding hydrogens is 488 g/mol. The van der Waals surface area contributed by atoms with Crippen molar-refractivity contribution in [3.63, 3.8) is 0 Å². The van der Waals surface area contributed by atoms with Crippen molar-refractivity contribution >= 4 is 33.6 Å². The third-order valence-electron chi connectivity index (χ3n) is 5.58. The van der Waals surface area contributed by atoms with Gasteiger partial charge in [0.2, 0.25) is 17.6 Å². The lowest BCUT2D eigenvalue weighted by Crippen LogP contribution is -2.40. The van der Waals surface area contributed by atoms with Crippen molar-refractivity contribution in [2.24, 2.45) is 5.92 Å². The first-order valence-electron chi connectivity index (χ1n) is 10.8. The van der Waals surface area contributed by atoms with E-state index in [4.69, 9.17) is 4.52 Å². The third-order valence-corrected chi connectivity index (χ3v) is 7.12. The number of benzene rings is 2. The van der Waals surface area contributed by atoms with E-state index < -0.39 is 0 Å². The molecule has 1 N–H and O–H groups in total. The van der Waals surface area contributed by atoms with Crippen LogP contribution in [0.15, 0.2) is 62.4 Å². The van der Waals surface area contributed by atoms with Gasteiger partial charge in [-0.05, 0) is 69.3 Å². The number of aromatic nitrogens is 2. The Balaban J connectivity index is 1.17. The van der Waals surface area contributed by atoms with Gasteiger partial charge >= 0.3 is 0 Å². The summed E-state index contributed by atoms with van der Waals surface area (Å²) < 4.78 is 6.45. The molecule has 6 nitrogen and oxygen atoms in total. The van der Waals surface area contributed by atoms with Gasteiger partial charge in [0, 0.05) is 33.1 Å². The van der Waals surface area contributed by atoms with E-state index >= 15 is 0 Å². The van der Waals surface area contributed by atoms with Crippen LogP contribution in [0.3, 0.4) is 0 Å². The van der Waals surface area contributed by atoms with E-state index in [2.05, 4.69) is 67.5 Å². The van der Waals surface area contributed by atoms with Crippen LogP contribution in [0.25, 0.3) is 11.4 Å². The molecule has 0 bridgehead atoms. The minimum atomic E-state index is 0.0802. The largest absolute Gasteiger partial charge is 0.355 e. The van der Waals surface area contributed by atoms with Crippen LogP contribution in [0.5, 0.6) is 0 Å². The van der Waals surface area contributed by atoms with Crippen LogP contribution in [0, 0.1) is 12.8 Å². The molecule has 0 atom stereocenters. The summed E-state index contributed by atoms with van der Waals surface area (Å²) in [5, 5.41) is 7.20. The lowest BCUT2D eigenvalue weighted by atomic mass is 9.96. The van der Waals surface area contributed by atoms with Crippen molar-refractivity contribution in [3.05, 3.63) is 64.5 Å². The predicted molar refractivity (Wildman–Crippen MR) is 130 cm³/mol. The minimum absolute atomic E-state index is 0.0802. The van der Waals surface area contributed by atoms with Crippen molar-refractivity contribution in [2.45, 2.75) is 31.2 Å². The number of hydrogen-bond donors (Lipinski definition) is 1. The Hall–Kier alpha value is -2.16. The fourth-order valence-corrected chi connectivity index (χ4v) is 4.73. The molecule has 0 aliphatic carbocycles. The van der Waals surface area contributed by atoms with Crippen molar-refractivity contribution in [3.8, 4) is 11.4 Å². The summed E-state index contributed by atoms with van der Waals surface area (Å²) in [6.45, 7) is 5.10. The predicted octanol–water partition coefficient (Wildman–Crippen LogP) is 4.93. The molecule has 32 heavy (non-hydrogen) atoms. The summed E-state index contributed by atoms with van der Waals surface area (Å²) in [5.74, 6) is 2.34. The lowest BCUT2D eigenvalue weighted by molar-refractivity contribution is -0.126. The minimum Gasteiger partial charge on any atom is -0.355 e. The molecule has 168 valence electrons. The third kappa shape index (κ3) is 6.43. The Kier molecular flexibility index (Phi) is 8.00. The zero-order valence-corrected chi connectivity index (χ0v) is 20.5. The van der Waals surface area contributed by atoms with Crippen LogP contribution in [-0.2, 0) is 11.3 Å². The van der Waals surface area contributed by atoms with Crippen molar-refractivity contribution < 1.29 is 9.32 Å². The van der Waals surface area contributed by atoms with Crippen LogP contribution >= 0.6 is 27.7 Å². The average Bonchev–Trinajstić information content (AvgIpc) is 3.27. The molecule has 0 radical (unpaired) electrons. The molecule has 4 rings (SSSR count). The fraction of sp³-hybridized carbons (Fsp3) is 0.375. The standard InChI is InChI=1S/C24H27BrN4O2S/c1-17-2-8-21(9-3-17)32-15-12-26-24(30)19-10-13-29(14-11-19)16-22-27-23(28-31-22)18-4-6-20(25)7-5-18/h2-9,19H,10-16H2,1H3,(H,26,30). The molecular formula is C24H27BrN4O2S. The highest BCUT2D eigenvalue weighted by atomic mass is 79.9. The van der Waals surface area contributed by atoms with E-state index in [1.807, 2.05) is 24.3 Å². The summed E-state index contributed by atoms with van der Waals surface area (Å²) in [6.07, 6.45) is 1.70. The zero-order chi connectivity index (χ0) is 22.3. The molecule has 1 amide bonds. The maximum absolute atomic E-state index is 12.5. The number of rotatable bonds is 8. The normalized spacial score (nSPS) is 15.1. The summed E-state index contributed by atoms with van der Waals surface area (Å²) in [7, 11) is 0. The molecule has 1 fully saturated rings. The van der Waals surface area contributed by atoms with Gasteiger partial charge in [-0.2, -0.15) is 4.98 Å². The fourth-order valence-electron chi connectivity index (χ4n) is 3.70. The van der Waals surface area contributed by atoms with Crippen LogP contribution in [0.1, 0.15) is 24.3 Å². The van der Waals surface area contributed by atoms with Gasteiger partial charge in [-0.1, -0.05) is 38.8 Å². The van der Waals surface area contributed by atoms with Gasteiger partial charge in [-0.15, -0.1) is 11.8 Å². The van der Waals surface area contributed by atoms with E-state index in [1.54, 1.807) is 11.8 Å². The topological polar surface area (TPSA) is 71.3 Å². The lowest BCUT2D eigenvalue weighted by Gasteiger charge is -2.30. The number of likely N-dealkylation sites (tertiary alicyclic amines) is 1. The maximum atomic E-state index is 12.5. The summed E-state index contributed by atoms with van der Waals surface area (Å²) in [4.78, 5) is 20.6. The summed E-state index contributed by atoms with van der Waals surface area (Å²) in [5.41, 5.74) is 2.19. The molecule has 3 aromatic rings. The van der Waals surface area contributed by atoms with Gasteiger partial charge in [0.25, 0.3) is 0 Å². The number of nitrogens with zero attached hydrogens (tertiary/aromatic N) is 3. The van der Waals surface area contributed by atoms with Gasteiger partial charge in [0.1, 0.15) is 0 Å². The first kappa shape index (κ1) is 23.0. The van der Waals surface area contributed by atoms with Gasteiger partial charge in [0.05, 0.1) is 6.54 Å². The molecule has 0 spiro atoms. The molecule has 8 heteroatoms. The quantitative estimate of drug-likeness (QED) is 0.339. The number of aryl methyl sites for hydroxylation is 1. The highest BCUT2D eigenvalue weighted by molar-refractivity contribution is 9.10. The molecule has 0 saturated carbocycles. The first-order valence-corrected chi connectivity index (χ1v) is 12.6. The summed E-state index contributed by atoms with van der Waals surface area (Å²) >= 11 is 5.20. The highest BCUT2D eigenvalue weighted by Gasteiger charge is 2.25. The average molecular weight is 515 g/mol. The Bertz CT molecular complexity index is 1020. The molecule has 1 aliphatic rings. The van der Waals surface area contributed by atoms with E-state index in [0.29, 0.717) is 24.8 Å². The van der Waals surface area contributed by atoms with E-state index in [-0.39, 0.29) is 11.8 Å². The second kappa shape index (κ2) is 11.1. The van der Waals surface area contributed by atoms with E-state index in [1.165, 1.54) is 10.5 Å². The van der Waals surface area contributed by atoms with Crippen LogP contribution < -0.4 is 5.32 Å². The van der Waals surface area contributed by atoms with E-state index in [9.17, 15) is 4.79 Å². The smallest absolute Gasteiger partial charge is 0.241 e. The Morgan fingerprint density at radius 3 is 2.59 bits per heavy atom. The zero-order valence-electron chi connectivity index (χ0n) is 18.1. The Morgan fingerprint density at radius 1 is 1.16 bits per heavy atom. The number of nitrogens with one attached hydrogen (secondary N) is 1. The maximum Gasteiger partial charge on any atom is 0.241 e. The van der Waals surface area contributed by atoms with Crippen LogP contribution in [-0.4, -0.2) is 46.3 Å². The summed E-state index contributed by atoms with van der Waals surface area (Å²) in [6, 6.07) is 16.3. The van der Waals surface area contributed by atoms with Crippen molar-refractivity contribution in [1.82, 2.24) is 20.4 Å². The highest BCUT2D eigenvalue weighted by Crippen LogP contribution is 2.22. The molecule has 1 aliphatic heterocycles. The second-order valence-electron chi connectivity index (χ2n) is 8.02. The number of halogens is 1. The number of amides is 1. The SMILES string of the molecule is Cc1ccc(SCCNC(=O)C2CCN(Cc3nc(-c4ccc(Br)cc4)no3)CC2)cc1. The van der Waals surface area contributed by atoms with Gasteiger partial charge in [-0.25, -0.2) is 0 Å². The number of thioether (sulfide) groups is 1. The van der Waals surface area contributed by atoms with Gasteiger partial charge < -0.3 is 9.84 Å². The Morgan fingerprint density at radius 2 is 1.88 bits per heavy atom. The van der Waals surface area contributed by atoms with Gasteiger partial charge in [-0.3, -0.25) is 9.69 Å². The molecule has 1 saturated heterocycles. The van der Waals surface area contributed by atoms with Crippen molar-refractivity contribution in [1.29, 1.82) is 0 Å².